The maximum Gasteiger partial charge on any atom is 0.0346 e. The third-order valence-corrected chi connectivity index (χ3v) is 4.37. The molecule has 0 fully saturated rings. The zero-order valence-corrected chi connectivity index (χ0v) is 12.6. The average molecular weight is 294 g/mol. The first kappa shape index (κ1) is 14.1. The highest BCUT2D eigenvalue weighted by atomic mass is 32.2. The second kappa shape index (κ2) is 7.25. The molecule has 0 aliphatic rings. The van der Waals surface area contributed by atoms with Crippen LogP contribution in [0.4, 0.5) is 0 Å². The minimum Gasteiger partial charge on any atom is -0.312 e. The monoisotopic (exact) mass is 294 g/mol. The van der Waals surface area contributed by atoms with E-state index < -0.39 is 0 Å². The molecule has 106 valence electrons. The Bertz CT molecular complexity index is 692. The second-order valence-corrected chi connectivity index (χ2v) is 6.03. The van der Waals surface area contributed by atoms with Gasteiger partial charge in [0.05, 0.1) is 0 Å². The lowest BCUT2D eigenvalue weighted by Crippen LogP contribution is -2.16. The predicted molar refractivity (Wildman–Crippen MR) is 90.6 cm³/mol. The molecule has 1 N–H and O–H groups in total. The molecule has 0 unspecified atom stereocenters. The molecule has 0 bridgehead atoms. The summed E-state index contributed by atoms with van der Waals surface area (Å²) in [4.78, 5) is 5.64. The molecule has 2 nitrogen and oxygen atoms in total. The molecule has 0 amide bonds. The van der Waals surface area contributed by atoms with Gasteiger partial charge in [-0.25, -0.2) is 0 Å². The molecule has 2 aromatic carbocycles. The summed E-state index contributed by atoms with van der Waals surface area (Å²) >= 11 is 1.88. The van der Waals surface area contributed by atoms with Crippen LogP contribution in [0.2, 0.25) is 0 Å². The SMILES string of the molecule is c1ccc(SCCNCc2cncc3ccccc23)cc1. The Balaban J connectivity index is 1.51. The number of hydrogen-bond acceptors (Lipinski definition) is 3. The fourth-order valence-corrected chi connectivity index (χ4v) is 3.13. The van der Waals surface area contributed by atoms with Gasteiger partial charge in [0.15, 0.2) is 0 Å². The van der Waals surface area contributed by atoms with E-state index in [2.05, 4.69) is 64.9 Å². The van der Waals surface area contributed by atoms with Crippen LogP contribution in [0.25, 0.3) is 10.8 Å². The minimum absolute atomic E-state index is 0.865. The van der Waals surface area contributed by atoms with Crippen LogP contribution in [0.15, 0.2) is 71.9 Å². The Morgan fingerprint density at radius 2 is 1.71 bits per heavy atom. The Hall–Kier alpha value is -1.84. The Morgan fingerprint density at radius 3 is 2.62 bits per heavy atom. The largest absolute Gasteiger partial charge is 0.312 e. The molecular formula is C18H18N2S. The van der Waals surface area contributed by atoms with Crippen molar-refractivity contribution < 1.29 is 0 Å². The molecule has 0 aliphatic carbocycles. The van der Waals surface area contributed by atoms with Crippen molar-refractivity contribution in [1.29, 1.82) is 0 Å². The summed E-state index contributed by atoms with van der Waals surface area (Å²) < 4.78 is 0. The third kappa shape index (κ3) is 3.84. The molecule has 21 heavy (non-hydrogen) atoms. The Morgan fingerprint density at radius 1 is 0.905 bits per heavy atom. The van der Waals surface area contributed by atoms with Gasteiger partial charge < -0.3 is 5.32 Å². The summed E-state index contributed by atoms with van der Waals surface area (Å²) in [6, 6.07) is 18.9. The van der Waals surface area contributed by atoms with Crippen LogP contribution in [0, 0.1) is 0 Å². The quantitative estimate of drug-likeness (QED) is 0.547. The van der Waals surface area contributed by atoms with Gasteiger partial charge in [-0.1, -0.05) is 42.5 Å². The number of fused-ring (bicyclic) bond motifs is 1. The van der Waals surface area contributed by atoms with Crippen molar-refractivity contribution in [2.24, 2.45) is 0 Å². The predicted octanol–water partition coefficient (Wildman–Crippen LogP) is 4.12. The molecule has 0 aliphatic heterocycles. The fraction of sp³-hybridized carbons (Fsp3) is 0.167. The van der Waals surface area contributed by atoms with E-state index in [0.29, 0.717) is 0 Å². The topological polar surface area (TPSA) is 24.9 Å². The maximum atomic E-state index is 4.31. The van der Waals surface area contributed by atoms with Gasteiger partial charge in [0.1, 0.15) is 0 Å². The van der Waals surface area contributed by atoms with E-state index in [1.807, 2.05) is 24.2 Å². The van der Waals surface area contributed by atoms with Gasteiger partial charge in [0.25, 0.3) is 0 Å². The van der Waals surface area contributed by atoms with Crippen molar-refractivity contribution in [3.63, 3.8) is 0 Å². The lowest BCUT2D eigenvalue weighted by atomic mass is 10.1. The first-order valence-electron chi connectivity index (χ1n) is 7.14. The van der Waals surface area contributed by atoms with E-state index in [4.69, 9.17) is 0 Å². The molecule has 0 atom stereocenters. The molecular weight excluding hydrogens is 276 g/mol. The standard InChI is InChI=1S/C18H18N2S/c1-2-7-17(8-3-1)21-11-10-19-13-16-14-20-12-15-6-4-5-9-18(15)16/h1-9,12,14,19H,10-11,13H2. The number of nitrogens with zero attached hydrogens (tertiary/aromatic N) is 1. The van der Waals surface area contributed by atoms with E-state index in [-0.39, 0.29) is 0 Å². The second-order valence-electron chi connectivity index (χ2n) is 4.86. The summed E-state index contributed by atoms with van der Waals surface area (Å²) in [6.07, 6.45) is 3.88. The highest BCUT2D eigenvalue weighted by Crippen LogP contribution is 2.17. The molecule has 0 saturated carbocycles. The molecule has 3 aromatic rings. The normalized spacial score (nSPS) is 10.9. The number of pyridine rings is 1. The van der Waals surface area contributed by atoms with E-state index in [1.165, 1.54) is 21.2 Å². The zero-order valence-electron chi connectivity index (χ0n) is 11.8. The molecule has 0 radical (unpaired) electrons. The number of thioether (sulfide) groups is 1. The van der Waals surface area contributed by atoms with Crippen LogP contribution >= 0.6 is 11.8 Å². The van der Waals surface area contributed by atoms with Crippen LogP contribution in [-0.4, -0.2) is 17.3 Å². The molecule has 0 spiro atoms. The molecule has 0 saturated heterocycles. The summed E-state index contributed by atoms with van der Waals surface area (Å²) in [5.41, 5.74) is 1.26. The van der Waals surface area contributed by atoms with Crippen LogP contribution in [0.3, 0.4) is 0 Å². The van der Waals surface area contributed by atoms with E-state index in [0.717, 1.165) is 18.8 Å². The van der Waals surface area contributed by atoms with Gasteiger partial charge in [0.2, 0.25) is 0 Å². The number of hydrogen-bond donors (Lipinski definition) is 1. The molecule has 3 rings (SSSR count). The average Bonchev–Trinajstić information content (AvgIpc) is 2.56. The molecule has 3 heteroatoms. The molecule has 1 heterocycles. The summed E-state index contributed by atoms with van der Waals surface area (Å²) in [7, 11) is 0. The number of aromatic nitrogens is 1. The zero-order chi connectivity index (χ0) is 14.3. The molecule has 1 aromatic heterocycles. The van der Waals surface area contributed by atoms with E-state index in [1.54, 1.807) is 0 Å². The van der Waals surface area contributed by atoms with Crippen molar-refractivity contribution >= 4 is 22.5 Å². The van der Waals surface area contributed by atoms with Crippen molar-refractivity contribution in [3.05, 3.63) is 72.6 Å². The summed E-state index contributed by atoms with van der Waals surface area (Å²) in [5.74, 6) is 1.07. The third-order valence-electron chi connectivity index (χ3n) is 3.36. The van der Waals surface area contributed by atoms with Crippen LogP contribution in [0.5, 0.6) is 0 Å². The van der Waals surface area contributed by atoms with E-state index in [9.17, 15) is 0 Å². The number of nitrogens with one attached hydrogen (secondary N) is 1. The summed E-state index contributed by atoms with van der Waals surface area (Å²) in [5, 5.41) is 6.00. The van der Waals surface area contributed by atoms with Gasteiger partial charge in [-0.2, -0.15) is 0 Å². The smallest absolute Gasteiger partial charge is 0.0346 e. The maximum absolute atomic E-state index is 4.31. The van der Waals surface area contributed by atoms with Crippen molar-refractivity contribution in [1.82, 2.24) is 10.3 Å². The minimum atomic E-state index is 0.865. The van der Waals surface area contributed by atoms with E-state index >= 15 is 0 Å². The van der Waals surface area contributed by atoms with Gasteiger partial charge in [0, 0.05) is 41.5 Å². The Kier molecular flexibility index (Phi) is 4.87. The highest BCUT2D eigenvalue weighted by molar-refractivity contribution is 7.99. The lowest BCUT2D eigenvalue weighted by molar-refractivity contribution is 0.733. The fourth-order valence-electron chi connectivity index (χ4n) is 2.30. The highest BCUT2D eigenvalue weighted by Gasteiger charge is 2.00. The first-order chi connectivity index (χ1) is 10.4. The van der Waals surface area contributed by atoms with Crippen LogP contribution in [-0.2, 0) is 6.54 Å². The van der Waals surface area contributed by atoms with Gasteiger partial charge in [-0.3, -0.25) is 4.98 Å². The van der Waals surface area contributed by atoms with Gasteiger partial charge >= 0.3 is 0 Å². The van der Waals surface area contributed by atoms with Gasteiger partial charge in [-0.05, 0) is 23.1 Å². The van der Waals surface area contributed by atoms with Crippen molar-refractivity contribution in [2.45, 2.75) is 11.4 Å². The van der Waals surface area contributed by atoms with Crippen LogP contribution < -0.4 is 5.32 Å². The lowest BCUT2D eigenvalue weighted by Gasteiger charge is -2.07. The van der Waals surface area contributed by atoms with Crippen molar-refractivity contribution in [2.75, 3.05) is 12.3 Å². The first-order valence-corrected chi connectivity index (χ1v) is 8.12. The van der Waals surface area contributed by atoms with Crippen molar-refractivity contribution in [3.8, 4) is 0 Å². The number of rotatable bonds is 6. The van der Waals surface area contributed by atoms with Gasteiger partial charge in [-0.15, -0.1) is 11.8 Å². The summed E-state index contributed by atoms with van der Waals surface area (Å²) in [6.45, 7) is 1.85. The van der Waals surface area contributed by atoms with Crippen LogP contribution in [0.1, 0.15) is 5.56 Å². The number of benzene rings is 2. The Labute approximate surface area is 129 Å².